The zero-order valence-corrected chi connectivity index (χ0v) is 10.8. The fourth-order valence-electron chi connectivity index (χ4n) is 1.41. The first-order chi connectivity index (χ1) is 8.58. The summed E-state index contributed by atoms with van der Waals surface area (Å²) in [4.78, 5) is 4.68. The monoisotopic (exact) mass is 289 g/mol. The van der Waals surface area contributed by atoms with Gasteiger partial charge in [-0.05, 0) is 18.2 Å². The maximum Gasteiger partial charge on any atom is 0.319 e. The van der Waals surface area contributed by atoms with E-state index >= 15 is 0 Å². The molecule has 96 valence electrons. The van der Waals surface area contributed by atoms with Gasteiger partial charge < -0.3 is 5.73 Å². The lowest BCUT2D eigenvalue weighted by atomic mass is 10.3. The topological polar surface area (TPSA) is 43.8 Å². The quantitative estimate of drug-likeness (QED) is 0.687. The molecule has 0 amide bonds. The van der Waals surface area contributed by atoms with Gasteiger partial charge in [0.15, 0.2) is 0 Å². The second-order valence-electron chi connectivity index (χ2n) is 3.51. The van der Waals surface area contributed by atoms with Crippen molar-refractivity contribution in [2.45, 2.75) is 17.2 Å². The van der Waals surface area contributed by atoms with Gasteiger partial charge in [-0.15, -0.1) is 11.8 Å². The van der Waals surface area contributed by atoms with Gasteiger partial charge in [0, 0.05) is 23.0 Å². The highest BCUT2D eigenvalue weighted by atomic mass is 35.5. The molecule has 3 nitrogen and oxygen atoms in total. The Bertz CT molecular complexity index is 545. The normalized spacial score (nSPS) is 11.1. The van der Waals surface area contributed by atoms with Gasteiger partial charge in [-0.25, -0.2) is 4.98 Å². The van der Waals surface area contributed by atoms with E-state index in [0.29, 0.717) is 22.3 Å². The lowest BCUT2D eigenvalue weighted by molar-refractivity contribution is 0.0678. The summed E-state index contributed by atoms with van der Waals surface area (Å²) >= 11 is 7.34. The van der Waals surface area contributed by atoms with Crippen molar-refractivity contribution in [3.8, 4) is 0 Å². The Kier molecular flexibility index (Phi) is 4.08. The maximum atomic E-state index is 12.6. The Hall–Kier alpha value is -1.27. The van der Waals surface area contributed by atoms with Crippen LogP contribution >= 0.6 is 23.4 Å². The van der Waals surface area contributed by atoms with Crippen molar-refractivity contribution in [1.82, 2.24) is 9.55 Å². The van der Waals surface area contributed by atoms with Crippen molar-refractivity contribution in [3.05, 3.63) is 41.4 Å². The summed E-state index contributed by atoms with van der Waals surface area (Å²) < 4.78 is 26.0. The minimum Gasteiger partial charge on any atom is -0.399 e. The van der Waals surface area contributed by atoms with Crippen molar-refractivity contribution in [1.29, 1.82) is 0 Å². The molecule has 7 heteroatoms. The Labute approximate surface area is 112 Å². The summed E-state index contributed by atoms with van der Waals surface area (Å²) in [6, 6.07) is 5.11. The summed E-state index contributed by atoms with van der Waals surface area (Å²) in [5, 5.41) is 0.509. The van der Waals surface area contributed by atoms with Crippen LogP contribution in [0.25, 0.3) is 0 Å². The number of aromatic nitrogens is 2. The molecule has 1 heterocycles. The highest BCUT2D eigenvalue weighted by molar-refractivity contribution is 7.98. The molecule has 2 aromatic rings. The Morgan fingerprint density at radius 2 is 2.22 bits per heavy atom. The average Bonchev–Trinajstić information content (AvgIpc) is 2.76. The molecule has 0 aliphatic rings. The molecular weight excluding hydrogens is 280 g/mol. The Morgan fingerprint density at radius 3 is 2.89 bits per heavy atom. The summed E-state index contributed by atoms with van der Waals surface area (Å²) in [5.41, 5.74) is 6.14. The number of thioether (sulfide) groups is 1. The number of anilines is 1. The van der Waals surface area contributed by atoms with Crippen LogP contribution in [0.5, 0.6) is 0 Å². The molecule has 0 fully saturated rings. The van der Waals surface area contributed by atoms with E-state index in [2.05, 4.69) is 4.98 Å². The number of alkyl halides is 2. The maximum absolute atomic E-state index is 12.6. The number of nitrogen functional groups attached to an aromatic ring is 1. The number of hydrogen-bond acceptors (Lipinski definition) is 3. The van der Waals surface area contributed by atoms with Crippen LogP contribution in [0.15, 0.2) is 35.5 Å². The van der Waals surface area contributed by atoms with Crippen LogP contribution in [-0.2, 0) is 5.75 Å². The van der Waals surface area contributed by atoms with Crippen LogP contribution < -0.4 is 5.73 Å². The van der Waals surface area contributed by atoms with Gasteiger partial charge in [-0.2, -0.15) is 8.78 Å². The van der Waals surface area contributed by atoms with E-state index in [4.69, 9.17) is 17.3 Å². The summed E-state index contributed by atoms with van der Waals surface area (Å²) in [7, 11) is 0. The van der Waals surface area contributed by atoms with Crippen LogP contribution in [-0.4, -0.2) is 9.55 Å². The third kappa shape index (κ3) is 2.94. The fraction of sp³-hybridized carbons (Fsp3) is 0.182. The Balaban J connectivity index is 2.09. The van der Waals surface area contributed by atoms with E-state index in [1.54, 1.807) is 18.2 Å². The van der Waals surface area contributed by atoms with Gasteiger partial charge in [0.1, 0.15) is 5.82 Å². The lowest BCUT2D eigenvalue weighted by Gasteiger charge is -2.07. The van der Waals surface area contributed by atoms with Crippen molar-refractivity contribution in [2.24, 2.45) is 0 Å². The first kappa shape index (κ1) is 13.2. The van der Waals surface area contributed by atoms with Gasteiger partial charge in [-0.1, -0.05) is 11.6 Å². The molecule has 0 saturated heterocycles. The minimum atomic E-state index is -2.58. The zero-order valence-electron chi connectivity index (χ0n) is 9.19. The number of rotatable bonds is 4. The van der Waals surface area contributed by atoms with Crippen LogP contribution in [0.1, 0.15) is 12.4 Å². The molecule has 1 aromatic carbocycles. The van der Waals surface area contributed by atoms with Crippen LogP contribution in [0.2, 0.25) is 5.02 Å². The highest BCUT2D eigenvalue weighted by Gasteiger charge is 2.12. The number of benzene rings is 1. The zero-order chi connectivity index (χ0) is 13.1. The van der Waals surface area contributed by atoms with Gasteiger partial charge in [0.05, 0.1) is 10.8 Å². The largest absolute Gasteiger partial charge is 0.399 e. The second-order valence-corrected chi connectivity index (χ2v) is 4.93. The molecule has 1 aromatic heterocycles. The van der Waals surface area contributed by atoms with Gasteiger partial charge in [0.25, 0.3) is 0 Å². The number of imidazole rings is 1. The molecule has 0 atom stereocenters. The molecule has 0 spiro atoms. The summed E-state index contributed by atoms with van der Waals surface area (Å²) in [6.45, 7) is -2.58. The van der Waals surface area contributed by atoms with E-state index in [0.717, 1.165) is 9.46 Å². The third-order valence-corrected chi connectivity index (χ3v) is 3.77. The molecular formula is C11H10ClF2N3S. The number of halogens is 3. The Morgan fingerprint density at radius 1 is 1.44 bits per heavy atom. The molecule has 2 rings (SSSR count). The molecule has 0 aliphatic carbocycles. The van der Waals surface area contributed by atoms with Gasteiger partial charge in [-0.3, -0.25) is 4.57 Å². The van der Waals surface area contributed by atoms with Crippen LogP contribution in [0, 0.1) is 0 Å². The standard InChI is InChI=1S/C11H10ClF2N3S/c12-8-5-7(15)1-2-9(8)18-6-10-16-3-4-17(10)11(13)14/h1-5,11H,6,15H2. The molecule has 0 saturated carbocycles. The van der Waals surface area contributed by atoms with Gasteiger partial charge >= 0.3 is 6.55 Å². The van der Waals surface area contributed by atoms with Crippen molar-refractivity contribution in [3.63, 3.8) is 0 Å². The van der Waals surface area contributed by atoms with E-state index in [1.165, 1.54) is 24.2 Å². The predicted molar refractivity (Wildman–Crippen MR) is 68.9 cm³/mol. The second kappa shape index (κ2) is 5.58. The summed E-state index contributed by atoms with van der Waals surface area (Å²) in [6.07, 6.45) is 2.61. The van der Waals surface area contributed by atoms with Gasteiger partial charge in [0.2, 0.25) is 0 Å². The molecule has 0 radical (unpaired) electrons. The van der Waals surface area contributed by atoms with Crippen LogP contribution in [0.3, 0.4) is 0 Å². The first-order valence-corrected chi connectivity index (χ1v) is 6.42. The predicted octanol–water partition coefficient (Wildman–Crippen LogP) is 3.81. The molecule has 0 aliphatic heterocycles. The third-order valence-electron chi connectivity index (χ3n) is 2.27. The van der Waals surface area contributed by atoms with E-state index in [1.807, 2.05) is 0 Å². The van der Waals surface area contributed by atoms with Crippen molar-refractivity contribution < 1.29 is 8.78 Å². The molecule has 18 heavy (non-hydrogen) atoms. The summed E-state index contributed by atoms with van der Waals surface area (Å²) in [5.74, 6) is 0.629. The SMILES string of the molecule is Nc1ccc(SCc2nccn2C(F)F)c(Cl)c1. The molecule has 0 bridgehead atoms. The number of nitrogens with zero attached hydrogens (tertiary/aromatic N) is 2. The minimum absolute atomic E-state index is 0.308. The van der Waals surface area contributed by atoms with Crippen molar-refractivity contribution in [2.75, 3.05) is 5.73 Å². The van der Waals surface area contributed by atoms with E-state index < -0.39 is 6.55 Å². The van der Waals surface area contributed by atoms with E-state index in [9.17, 15) is 8.78 Å². The van der Waals surface area contributed by atoms with Crippen molar-refractivity contribution >= 4 is 29.1 Å². The smallest absolute Gasteiger partial charge is 0.319 e. The molecule has 0 unspecified atom stereocenters. The average molecular weight is 290 g/mol. The van der Waals surface area contributed by atoms with Crippen LogP contribution in [0.4, 0.5) is 14.5 Å². The number of nitrogens with two attached hydrogens (primary N) is 1. The number of hydrogen-bond donors (Lipinski definition) is 1. The lowest BCUT2D eigenvalue weighted by Crippen LogP contribution is -2.02. The van der Waals surface area contributed by atoms with E-state index in [-0.39, 0.29) is 0 Å². The highest BCUT2D eigenvalue weighted by Crippen LogP contribution is 2.31. The first-order valence-electron chi connectivity index (χ1n) is 5.05. The fourth-order valence-corrected chi connectivity index (χ4v) is 2.63. The molecule has 2 N–H and O–H groups in total.